The van der Waals surface area contributed by atoms with Gasteiger partial charge < -0.3 is 4.57 Å². The van der Waals surface area contributed by atoms with Gasteiger partial charge in [0.15, 0.2) is 0 Å². The van der Waals surface area contributed by atoms with Crippen LogP contribution in [0.4, 0.5) is 0 Å². The predicted octanol–water partition coefficient (Wildman–Crippen LogP) is 2.96. The van der Waals surface area contributed by atoms with E-state index in [2.05, 4.69) is 29.4 Å². The lowest BCUT2D eigenvalue weighted by atomic mass is 9.81. The second-order valence-electron chi connectivity index (χ2n) is 6.17. The molecule has 0 unspecified atom stereocenters. The van der Waals surface area contributed by atoms with Crippen LogP contribution >= 0.6 is 0 Å². The zero-order valence-electron chi connectivity index (χ0n) is 13.1. The molecule has 1 aliphatic carbocycles. The molecule has 1 amide bonds. The summed E-state index contributed by atoms with van der Waals surface area (Å²) in [5, 5.41) is 4.39. The molecule has 1 N–H and O–H groups in total. The standard InChI is InChI=1S/C17H22N4O/c1-12-6-5-7-13(2)17(12)20-19-16(22)10-21-11-18-14-8-3-4-9-15(14)21/h3-4,8-9,11-13H,5-7,10H2,1-2H3,(H,19,22)/t12-,13-/m0/s1. The van der Waals surface area contributed by atoms with Crippen molar-refractivity contribution in [2.24, 2.45) is 16.9 Å². The normalized spacial score (nSPS) is 21.8. The Hall–Kier alpha value is -2.17. The molecule has 3 rings (SSSR count). The number of hydrogen-bond acceptors (Lipinski definition) is 3. The van der Waals surface area contributed by atoms with Crippen molar-refractivity contribution in [3.63, 3.8) is 0 Å². The minimum atomic E-state index is -0.111. The van der Waals surface area contributed by atoms with E-state index in [0.29, 0.717) is 11.8 Å². The van der Waals surface area contributed by atoms with Crippen molar-refractivity contribution < 1.29 is 4.79 Å². The number of carbonyl (C=O) groups is 1. The van der Waals surface area contributed by atoms with Crippen LogP contribution in [0.1, 0.15) is 33.1 Å². The van der Waals surface area contributed by atoms with E-state index in [1.807, 2.05) is 28.8 Å². The third-order valence-corrected chi connectivity index (χ3v) is 4.44. The fourth-order valence-corrected chi connectivity index (χ4v) is 3.19. The molecule has 0 saturated heterocycles. The highest BCUT2D eigenvalue weighted by Gasteiger charge is 2.23. The molecular formula is C17H22N4O. The lowest BCUT2D eigenvalue weighted by Gasteiger charge is -2.26. The molecule has 5 nitrogen and oxygen atoms in total. The summed E-state index contributed by atoms with van der Waals surface area (Å²) >= 11 is 0. The first-order valence-electron chi connectivity index (χ1n) is 7.91. The van der Waals surface area contributed by atoms with Gasteiger partial charge in [0.05, 0.1) is 17.4 Å². The molecule has 1 aromatic carbocycles. The van der Waals surface area contributed by atoms with Gasteiger partial charge in [0.1, 0.15) is 6.54 Å². The third kappa shape index (κ3) is 3.03. The molecule has 0 spiro atoms. The number of aromatic nitrogens is 2. The molecule has 116 valence electrons. The van der Waals surface area contributed by atoms with Crippen LogP contribution in [0.25, 0.3) is 11.0 Å². The summed E-state index contributed by atoms with van der Waals surface area (Å²) in [5.74, 6) is 0.803. The number of nitrogens with one attached hydrogen (secondary N) is 1. The highest BCUT2D eigenvalue weighted by molar-refractivity contribution is 5.90. The molecule has 0 bridgehead atoms. The Morgan fingerprint density at radius 3 is 2.82 bits per heavy atom. The number of hydrazone groups is 1. The maximum atomic E-state index is 12.1. The average molecular weight is 298 g/mol. The van der Waals surface area contributed by atoms with Crippen LogP contribution in [0.2, 0.25) is 0 Å². The minimum absolute atomic E-state index is 0.111. The van der Waals surface area contributed by atoms with Crippen LogP contribution in [0.3, 0.4) is 0 Å². The zero-order valence-corrected chi connectivity index (χ0v) is 13.1. The van der Waals surface area contributed by atoms with Gasteiger partial charge in [0.25, 0.3) is 5.91 Å². The highest BCUT2D eigenvalue weighted by Crippen LogP contribution is 2.25. The van der Waals surface area contributed by atoms with Crippen molar-refractivity contribution in [1.82, 2.24) is 15.0 Å². The fraction of sp³-hybridized carbons (Fsp3) is 0.471. The molecule has 1 aliphatic rings. The van der Waals surface area contributed by atoms with E-state index in [0.717, 1.165) is 29.6 Å². The molecule has 1 fully saturated rings. The Morgan fingerprint density at radius 1 is 1.32 bits per heavy atom. The lowest BCUT2D eigenvalue weighted by molar-refractivity contribution is -0.121. The van der Waals surface area contributed by atoms with Crippen LogP contribution in [-0.4, -0.2) is 21.2 Å². The Balaban J connectivity index is 1.67. The number of fused-ring (bicyclic) bond motifs is 1. The second-order valence-corrected chi connectivity index (χ2v) is 6.17. The Bertz CT molecular complexity index is 692. The van der Waals surface area contributed by atoms with Gasteiger partial charge in [0.2, 0.25) is 0 Å². The second kappa shape index (κ2) is 6.30. The third-order valence-electron chi connectivity index (χ3n) is 4.44. The molecule has 2 aromatic rings. The largest absolute Gasteiger partial charge is 0.321 e. The van der Waals surface area contributed by atoms with Gasteiger partial charge >= 0.3 is 0 Å². The van der Waals surface area contributed by atoms with Gasteiger partial charge in [-0.2, -0.15) is 5.10 Å². The van der Waals surface area contributed by atoms with Gasteiger partial charge in [-0.1, -0.05) is 32.4 Å². The van der Waals surface area contributed by atoms with Crippen molar-refractivity contribution in [2.45, 2.75) is 39.7 Å². The fourth-order valence-electron chi connectivity index (χ4n) is 3.19. The maximum Gasteiger partial charge on any atom is 0.260 e. The highest BCUT2D eigenvalue weighted by atomic mass is 16.2. The van der Waals surface area contributed by atoms with Crippen LogP contribution in [0, 0.1) is 11.8 Å². The van der Waals surface area contributed by atoms with Gasteiger partial charge in [-0.05, 0) is 36.8 Å². The van der Waals surface area contributed by atoms with Crippen LogP contribution < -0.4 is 5.43 Å². The van der Waals surface area contributed by atoms with Crippen molar-refractivity contribution in [3.05, 3.63) is 30.6 Å². The molecule has 2 atom stereocenters. The van der Waals surface area contributed by atoms with Gasteiger partial charge in [-0.3, -0.25) is 4.79 Å². The van der Waals surface area contributed by atoms with E-state index in [1.54, 1.807) is 6.33 Å². The molecular weight excluding hydrogens is 276 g/mol. The summed E-state index contributed by atoms with van der Waals surface area (Å²) in [5.41, 5.74) is 5.70. The van der Waals surface area contributed by atoms with Crippen molar-refractivity contribution >= 4 is 22.7 Å². The summed E-state index contributed by atoms with van der Waals surface area (Å²) in [4.78, 5) is 16.4. The maximum absolute atomic E-state index is 12.1. The quantitative estimate of drug-likeness (QED) is 0.886. The number of rotatable bonds is 3. The van der Waals surface area contributed by atoms with E-state index in [4.69, 9.17) is 0 Å². The minimum Gasteiger partial charge on any atom is -0.321 e. The van der Waals surface area contributed by atoms with Gasteiger partial charge in [-0.15, -0.1) is 0 Å². The first-order valence-corrected chi connectivity index (χ1v) is 7.91. The average Bonchev–Trinajstić information content (AvgIpc) is 2.90. The first-order chi connectivity index (χ1) is 10.6. The lowest BCUT2D eigenvalue weighted by Crippen LogP contribution is -2.30. The van der Waals surface area contributed by atoms with E-state index >= 15 is 0 Å². The number of para-hydroxylation sites is 2. The number of benzene rings is 1. The summed E-state index contributed by atoms with van der Waals surface area (Å²) in [7, 11) is 0. The molecule has 22 heavy (non-hydrogen) atoms. The van der Waals surface area contributed by atoms with Gasteiger partial charge in [0, 0.05) is 5.71 Å². The van der Waals surface area contributed by atoms with Crippen LogP contribution in [0.5, 0.6) is 0 Å². The molecule has 5 heteroatoms. The number of amides is 1. The zero-order chi connectivity index (χ0) is 15.5. The number of carbonyl (C=O) groups excluding carboxylic acids is 1. The van der Waals surface area contributed by atoms with E-state index in [-0.39, 0.29) is 12.5 Å². The molecule has 0 aliphatic heterocycles. The van der Waals surface area contributed by atoms with Crippen molar-refractivity contribution in [2.75, 3.05) is 0 Å². The first kappa shape index (κ1) is 14.8. The summed E-state index contributed by atoms with van der Waals surface area (Å²) < 4.78 is 1.85. The van der Waals surface area contributed by atoms with Crippen LogP contribution in [-0.2, 0) is 11.3 Å². The molecule has 1 saturated carbocycles. The molecule has 0 radical (unpaired) electrons. The van der Waals surface area contributed by atoms with E-state index in [9.17, 15) is 4.79 Å². The smallest absolute Gasteiger partial charge is 0.260 e. The topological polar surface area (TPSA) is 59.3 Å². The summed E-state index contributed by atoms with van der Waals surface area (Å²) in [6.07, 6.45) is 5.26. The monoisotopic (exact) mass is 298 g/mol. The SMILES string of the molecule is C[C@H]1CCC[C@H](C)C1=NNC(=O)Cn1cnc2ccccc21. The number of nitrogens with zero attached hydrogens (tertiary/aromatic N) is 3. The number of hydrogen-bond donors (Lipinski definition) is 1. The van der Waals surface area contributed by atoms with Gasteiger partial charge in [-0.25, -0.2) is 10.4 Å². The number of imidazole rings is 1. The van der Waals surface area contributed by atoms with E-state index in [1.165, 1.54) is 6.42 Å². The molecule has 1 heterocycles. The van der Waals surface area contributed by atoms with Crippen molar-refractivity contribution in [3.8, 4) is 0 Å². The molecule has 1 aromatic heterocycles. The van der Waals surface area contributed by atoms with E-state index < -0.39 is 0 Å². The Kier molecular flexibility index (Phi) is 4.22. The van der Waals surface area contributed by atoms with Crippen molar-refractivity contribution in [1.29, 1.82) is 0 Å². The Morgan fingerprint density at radius 2 is 2.05 bits per heavy atom. The summed E-state index contributed by atoms with van der Waals surface area (Å²) in [6.45, 7) is 4.61. The van der Waals surface area contributed by atoms with Crippen LogP contribution in [0.15, 0.2) is 35.7 Å². The predicted molar refractivity (Wildman–Crippen MR) is 87.5 cm³/mol. The summed E-state index contributed by atoms with van der Waals surface area (Å²) in [6, 6.07) is 7.80. The Labute approximate surface area is 130 Å².